The van der Waals surface area contributed by atoms with Gasteiger partial charge in [0.25, 0.3) is 9.84 Å². The first-order valence-corrected chi connectivity index (χ1v) is 19.7. The molecule has 174 valence electrons. The van der Waals surface area contributed by atoms with Gasteiger partial charge in [-0.05, 0) is 38.8 Å². The Morgan fingerprint density at radius 1 is 0.606 bits per heavy atom. The molecule has 0 aromatic heterocycles. The first-order valence-electron chi connectivity index (χ1n) is 11.9. The number of nitrogens with zero attached hydrogens (tertiary/aromatic N) is 1. The topological polar surface area (TPSA) is 15.3 Å². The molecule has 3 aromatic carbocycles. The van der Waals surface area contributed by atoms with Crippen LogP contribution in [0.2, 0.25) is 39.3 Å². The average molecular weight is 489 g/mol. The van der Waals surface area contributed by atoms with Gasteiger partial charge in [-0.1, -0.05) is 116 Å². The number of para-hydroxylation sites is 1. The molecule has 0 atom stereocenters. The van der Waals surface area contributed by atoms with Gasteiger partial charge < -0.3 is 8.88 Å². The van der Waals surface area contributed by atoms with E-state index in [4.69, 9.17) is 0 Å². The molecule has 5 heteroatoms. The zero-order valence-electron chi connectivity index (χ0n) is 22.1. The van der Waals surface area contributed by atoms with Crippen LogP contribution in [-0.2, 0) is 0 Å². The molecule has 3 rings (SSSR count). The van der Waals surface area contributed by atoms with Gasteiger partial charge in [0.1, 0.15) is 16.5 Å². The van der Waals surface area contributed by atoms with Gasteiger partial charge in [0.2, 0.25) is 0 Å². The van der Waals surface area contributed by atoms with Crippen LogP contribution in [0.5, 0.6) is 0 Å². The lowest BCUT2D eigenvalue weighted by atomic mass is 9.93. The van der Waals surface area contributed by atoms with Crippen LogP contribution in [0.3, 0.4) is 0 Å². The maximum Gasteiger partial charge on any atom is 0.273 e. The quantitative estimate of drug-likeness (QED) is 0.337. The SMILES string of the molecule is Cc1cc(C)cc(-c2cccc(-c3cc(C)cc(C)c3)c2N[Si]N([Si](C)(C)C)[Si](C)(C)C)c1. The van der Waals surface area contributed by atoms with E-state index in [2.05, 4.69) is 130 Å². The van der Waals surface area contributed by atoms with E-state index in [1.807, 2.05) is 0 Å². The molecule has 0 heterocycles. The van der Waals surface area contributed by atoms with E-state index in [-0.39, 0.29) is 0 Å². The standard InChI is InChI=1S/C28H40N2Si3/c1-20-14-21(2)17-24(16-20)26-12-11-13-27(25-18-22(3)15-23(4)19-25)28(26)29-31-30(32(5,6)7)33(8,9)10/h11-19,29H,1-10H3. The fourth-order valence-electron chi connectivity index (χ4n) is 4.88. The molecule has 0 fully saturated rings. The maximum absolute atomic E-state index is 3.99. The Hall–Kier alpha value is -1.93. The molecule has 0 aliphatic rings. The van der Waals surface area contributed by atoms with Crippen LogP contribution in [0.4, 0.5) is 5.69 Å². The maximum atomic E-state index is 3.99. The number of aryl methyl sites for hydroxylation is 4. The number of anilines is 1. The first kappa shape index (κ1) is 25.7. The summed E-state index contributed by atoms with van der Waals surface area (Å²) >= 11 is 0. The number of hydrogen-bond donors (Lipinski definition) is 1. The monoisotopic (exact) mass is 488 g/mol. The molecule has 0 unspecified atom stereocenters. The highest BCUT2D eigenvalue weighted by molar-refractivity contribution is 6.96. The molecule has 0 aliphatic heterocycles. The Kier molecular flexibility index (Phi) is 7.58. The summed E-state index contributed by atoms with van der Waals surface area (Å²) in [6, 6.07) is 20.5. The van der Waals surface area contributed by atoms with Crippen LogP contribution >= 0.6 is 0 Å². The van der Waals surface area contributed by atoms with Crippen molar-refractivity contribution in [2.24, 2.45) is 0 Å². The molecule has 0 bridgehead atoms. The Balaban J connectivity index is 2.19. The van der Waals surface area contributed by atoms with Crippen molar-refractivity contribution in [2.45, 2.75) is 67.0 Å². The van der Waals surface area contributed by atoms with Crippen LogP contribution < -0.4 is 4.98 Å². The normalized spacial score (nSPS) is 12.3. The summed E-state index contributed by atoms with van der Waals surface area (Å²) in [4.78, 5) is 3.99. The molecule has 3 aromatic rings. The second-order valence-electron chi connectivity index (χ2n) is 11.4. The molecule has 0 saturated carbocycles. The lowest BCUT2D eigenvalue weighted by Gasteiger charge is -2.43. The van der Waals surface area contributed by atoms with Gasteiger partial charge in [0.05, 0.1) is 0 Å². The van der Waals surface area contributed by atoms with Gasteiger partial charge in [0, 0.05) is 16.8 Å². The van der Waals surface area contributed by atoms with Crippen LogP contribution in [0, 0.1) is 27.7 Å². The third kappa shape index (κ3) is 6.35. The van der Waals surface area contributed by atoms with Crippen LogP contribution in [0.1, 0.15) is 22.3 Å². The number of benzene rings is 3. The smallest absolute Gasteiger partial charge is 0.273 e. The highest BCUT2D eigenvalue weighted by atomic mass is 28.5. The number of hydrogen-bond acceptors (Lipinski definition) is 2. The van der Waals surface area contributed by atoms with Crippen molar-refractivity contribution in [3.05, 3.63) is 76.9 Å². The predicted octanol–water partition coefficient (Wildman–Crippen LogP) is 8.17. The fourth-order valence-corrected chi connectivity index (χ4v) is 16.4. The zero-order valence-corrected chi connectivity index (χ0v) is 25.1. The Morgan fingerprint density at radius 2 is 0.970 bits per heavy atom. The highest BCUT2D eigenvalue weighted by Gasteiger charge is 2.35. The van der Waals surface area contributed by atoms with E-state index in [1.165, 1.54) is 50.2 Å². The first-order chi connectivity index (χ1) is 15.3. The lowest BCUT2D eigenvalue weighted by molar-refractivity contribution is 0.953. The van der Waals surface area contributed by atoms with Crippen molar-refractivity contribution >= 4 is 32.0 Å². The van der Waals surface area contributed by atoms with Gasteiger partial charge in [-0.2, -0.15) is 0 Å². The Morgan fingerprint density at radius 3 is 1.30 bits per heavy atom. The van der Waals surface area contributed by atoms with E-state index >= 15 is 0 Å². The summed E-state index contributed by atoms with van der Waals surface area (Å²) in [5.41, 5.74) is 11.6. The molecule has 33 heavy (non-hydrogen) atoms. The highest BCUT2D eigenvalue weighted by Crippen LogP contribution is 2.38. The summed E-state index contributed by atoms with van der Waals surface area (Å²) < 4.78 is 2.84. The predicted molar refractivity (Wildman–Crippen MR) is 154 cm³/mol. The van der Waals surface area contributed by atoms with Gasteiger partial charge >= 0.3 is 0 Å². The zero-order chi connectivity index (χ0) is 24.6. The lowest BCUT2D eigenvalue weighted by Crippen LogP contribution is -2.62. The largest absolute Gasteiger partial charge is 0.398 e. The summed E-state index contributed by atoms with van der Waals surface area (Å²) in [5, 5.41) is 0. The minimum atomic E-state index is -1.46. The van der Waals surface area contributed by atoms with Crippen molar-refractivity contribution in [1.82, 2.24) is 3.90 Å². The minimum Gasteiger partial charge on any atom is -0.398 e. The van der Waals surface area contributed by atoms with Gasteiger partial charge in [-0.3, -0.25) is 0 Å². The van der Waals surface area contributed by atoms with Crippen molar-refractivity contribution < 1.29 is 0 Å². The molecular weight excluding hydrogens is 449 g/mol. The average Bonchev–Trinajstić information content (AvgIpc) is 2.64. The van der Waals surface area contributed by atoms with Gasteiger partial charge in [-0.15, -0.1) is 0 Å². The van der Waals surface area contributed by atoms with E-state index in [1.54, 1.807) is 0 Å². The molecule has 0 spiro atoms. The fraction of sp³-hybridized carbons (Fsp3) is 0.357. The summed E-state index contributed by atoms with van der Waals surface area (Å²) in [6.45, 7) is 23.6. The van der Waals surface area contributed by atoms with E-state index in [0.717, 1.165) is 0 Å². The Bertz CT molecular complexity index is 1020. The third-order valence-corrected chi connectivity index (χ3v) is 17.8. The van der Waals surface area contributed by atoms with Crippen molar-refractivity contribution in [3.8, 4) is 22.3 Å². The van der Waals surface area contributed by atoms with Crippen LogP contribution in [0.15, 0.2) is 54.6 Å². The summed E-state index contributed by atoms with van der Waals surface area (Å²) in [5.74, 6) is 0. The van der Waals surface area contributed by atoms with Gasteiger partial charge in [-0.25, -0.2) is 0 Å². The molecule has 1 N–H and O–H groups in total. The van der Waals surface area contributed by atoms with Crippen molar-refractivity contribution in [1.29, 1.82) is 0 Å². The third-order valence-electron chi connectivity index (χ3n) is 5.76. The number of nitrogens with one attached hydrogen (secondary N) is 1. The van der Waals surface area contributed by atoms with Crippen molar-refractivity contribution in [3.63, 3.8) is 0 Å². The van der Waals surface area contributed by atoms with E-state index in [0.29, 0.717) is 9.84 Å². The molecular formula is C28H40N2Si3. The van der Waals surface area contributed by atoms with Crippen LogP contribution in [-0.4, -0.2) is 30.2 Å². The minimum absolute atomic E-state index is 0.582. The molecule has 2 radical (unpaired) electrons. The molecule has 0 aliphatic carbocycles. The van der Waals surface area contributed by atoms with Crippen molar-refractivity contribution in [2.75, 3.05) is 4.98 Å². The molecule has 2 nitrogen and oxygen atoms in total. The van der Waals surface area contributed by atoms with E-state index in [9.17, 15) is 0 Å². The second-order valence-corrected chi connectivity index (χ2v) is 23.2. The second kappa shape index (κ2) is 9.74. The molecule has 0 amide bonds. The Labute approximate surface area is 206 Å². The van der Waals surface area contributed by atoms with Gasteiger partial charge in [0.15, 0.2) is 0 Å². The number of rotatable bonds is 7. The summed E-state index contributed by atoms with van der Waals surface area (Å²) in [6.07, 6.45) is 0. The summed E-state index contributed by atoms with van der Waals surface area (Å²) in [7, 11) is -2.34. The van der Waals surface area contributed by atoms with Crippen LogP contribution in [0.25, 0.3) is 22.3 Å². The molecule has 0 saturated heterocycles. The van der Waals surface area contributed by atoms with E-state index < -0.39 is 16.5 Å².